The molecule has 1 aromatic heterocycles. The normalized spacial score (nSPS) is 16.3. The predicted molar refractivity (Wildman–Crippen MR) is 103 cm³/mol. The van der Waals surface area contributed by atoms with E-state index in [9.17, 15) is 4.79 Å². The van der Waals surface area contributed by atoms with E-state index in [4.69, 9.17) is 9.47 Å². The molecule has 2 aromatic rings. The molecule has 1 aromatic carbocycles. The summed E-state index contributed by atoms with van der Waals surface area (Å²) in [6.07, 6.45) is 10.8. The molecule has 0 bridgehead atoms. The van der Waals surface area contributed by atoms with Crippen LogP contribution < -0.4 is 9.47 Å². The molecule has 5 nitrogen and oxygen atoms in total. The van der Waals surface area contributed by atoms with E-state index in [2.05, 4.69) is 9.88 Å². The first-order chi connectivity index (χ1) is 13.3. The molecular formula is C22H26N2O3. The van der Waals surface area contributed by atoms with Gasteiger partial charge in [-0.25, -0.2) is 0 Å². The third-order valence-electron chi connectivity index (χ3n) is 5.50. The second kappa shape index (κ2) is 8.42. The van der Waals surface area contributed by atoms with Crippen molar-refractivity contribution in [3.63, 3.8) is 0 Å². The molecule has 2 heterocycles. The van der Waals surface area contributed by atoms with Gasteiger partial charge < -0.3 is 14.4 Å². The van der Waals surface area contributed by atoms with Crippen LogP contribution in [0.3, 0.4) is 0 Å². The van der Waals surface area contributed by atoms with Crippen molar-refractivity contribution >= 4 is 5.91 Å². The molecule has 1 saturated carbocycles. The van der Waals surface area contributed by atoms with Crippen LogP contribution in [0.25, 0.3) is 0 Å². The molecule has 4 rings (SSSR count). The number of aryl methyl sites for hydroxylation is 1. The summed E-state index contributed by atoms with van der Waals surface area (Å²) in [5, 5.41) is 0. The fraction of sp³-hybridized carbons (Fsp3) is 0.455. The van der Waals surface area contributed by atoms with Gasteiger partial charge in [-0.2, -0.15) is 0 Å². The molecule has 1 aliphatic heterocycles. The van der Waals surface area contributed by atoms with Crippen LogP contribution in [0, 0.1) is 0 Å². The molecule has 5 heteroatoms. The zero-order valence-electron chi connectivity index (χ0n) is 15.6. The summed E-state index contributed by atoms with van der Waals surface area (Å²) in [7, 11) is 0. The van der Waals surface area contributed by atoms with Gasteiger partial charge in [0.2, 0.25) is 12.7 Å². The van der Waals surface area contributed by atoms with E-state index in [1.165, 1.54) is 19.3 Å². The molecule has 1 fully saturated rings. The van der Waals surface area contributed by atoms with Crippen molar-refractivity contribution in [2.45, 2.75) is 57.5 Å². The second-order valence-electron chi connectivity index (χ2n) is 7.36. The third-order valence-corrected chi connectivity index (χ3v) is 5.50. The van der Waals surface area contributed by atoms with Gasteiger partial charge in [0.15, 0.2) is 11.5 Å². The molecule has 27 heavy (non-hydrogen) atoms. The van der Waals surface area contributed by atoms with E-state index < -0.39 is 0 Å². The average Bonchev–Trinajstić information content (AvgIpc) is 3.19. The maximum absolute atomic E-state index is 13.1. The van der Waals surface area contributed by atoms with Crippen LogP contribution in [-0.4, -0.2) is 28.6 Å². The first-order valence-electron chi connectivity index (χ1n) is 9.86. The molecular weight excluding hydrogens is 340 g/mol. The number of carbonyl (C=O) groups is 1. The summed E-state index contributed by atoms with van der Waals surface area (Å²) in [4.78, 5) is 19.3. The Hall–Kier alpha value is -2.56. The molecule has 2 aliphatic rings. The zero-order chi connectivity index (χ0) is 18.5. The fourth-order valence-corrected chi connectivity index (χ4v) is 3.99. The van der Waals surface area contributed by atoms with Crippen molar-refractivity contribution < 1.29 is 14.3 Å². The SMILES string of the molecule is O=C(CCc1ccncc1)N(Cc1ccc2c(c1)OCO2)C1CCCCC1. The topological polar surface area (TPSA) is 51.7 Å². The van der Waals surface area contributed by atoms with Gasteiger partial charge in [-0.05, 0) is 54.7 Å². The van der Waals surface area contributed by atoms with Crippen LogP contribution in [0.4, 0.5) is 0 Å². The third kappa shape index (κ3) is 4.41. The van der Waals surface area contributed by atoms with Crippen LogP contribution in [0.2, 0.25) is 0 Å². The lowest BCUT2D eigenvalue weighted by molar-refractivity contribution is -0.135. The average molecular weight is 366 g/mol. The summed E-state index contributed by atoms with van der Waals surface area (Å²) >= 11 is 0. The van der Waals surface area contributed by atoms with Crippen molar-refractivity contribution in [3.05, 3.63) is 53.9 Å². The molecule has 1 amide bonds. The Kier molecular flexibility index (Phi) is 5.56. The number of fused-ring (bicyclic) bond motifs is 1. The highest BCUT2D eigenvalue weighted by molar-refractivity contribution is 5.77. The highest BCUT2D eigenvalue weighted by Crippen LogP contribution is 2.33. The van der Waals surface area contributed by atoms with Crippen LogP contribution in [0.5, 0.6) is 11.5 Å². The van der Waals surface area contributed by atoms with Crippen molar-refractivity contribution in [3.8, 4) is 11.5 Å². The Bertz CT molecular complexity index is 772. The number of amides is 1. The minimum atomic E-state index is 0.233. The fourth-order valence-electron chi connectivity index (χ4n) is 3.99. The van der Waals surface area contributed by atoms with Crippen molar-refractivity contribution in [2.24, 2.45) is 0 Å². The predicted octanol–water partition coefficient (Wildman–Crippen LogP) is 4.10. The summed E-state index contributed by atoms with van der Waals surface area (Å²) in [5.41, 5.74) is 2.26. The van der Waals surface area contributed by atoms with E-state index >= 15 is 0 Å². The molecule has 142 valence electrons. The van der Waals surface area contributed by atoms with E-state index in [1.807, 2.05) is 30.3 Å². The summed E-state index contributed by atoms with van der Waals surface area (Å²) in [6.45, 7) is 0.909. The smallest absolute Gasteiger partial charge is 0.231 e. The molecule has 0 atom stereocenters. The highest BCUT2D eigenvalue weighted by Gasteiger charge is 2.26. The number of nitrogens with zero attached hydrogens (tertiary/aromatic N) is 2. The van der Waals surface area contributed by atoms with E-state index in [0.29, 0.717) is 19.0 Å². The van der Waals surface area contributed by atoms with E-state index in [1.54, 1.807) is 12.4 Å². The first kappa shape index (κ1) is 17.8. The molecule has 0 saturated heterocycles. The van der Waals surface area contributed by atoms with Gasteiger partial charge in [-0.3, -0.25) is 9.78 Å². The molecule has 0 radical (unpaired) electrons. The Morgan fingerprint density at radius 2 is 1.78 bits per heavy atom. The number of ether oxygens (including phenoxy) is 2. The van der Waals surface area contributed by atoms with Gasteiger partial charge in [-0.15, -0.1) is 0 Å². The monoisotopic (exact) mass is 366 g/mol. The second-order valence-corrected chi connectivity index (χ2v) is 7.36. The molecule has 1 aliphatic carbocycles. The van der Waals surface area contributed by atoms with Crippen LogP contribution >= 0.6 is 0 Å². The standard InChI is InChI=1S/C22H26N2O3/c25-22(9-7-17-10-12-23-13-11-17)24(19-4-2-1-3-5-19)15-18-6-8-20-21(14-18)27-16-26-20/h6,8,10-14,19H,1-5,7,9,15-16H2. The Labute approximate surface area is 160 Å². The van der Waals surface area contributed by atoms with Crippen LogP contribution in [0.1, 0.15) is 49.7 Å². The summed E-state index contributed by atoms with van der Waals surface area (Å²) in [6, 6.07) is 10.3. The maximum Gasteiger partial charge on any atom is 0.231 e. The van der Waals surface area contributed by atoms with Crippen molar-refractivity contribution in [1.29, 1.82) is 0 Å². The number of benzene rings is 1. The van der Waals surface area contributed by atoms with Crippen molar-refractivity contribution in [2.75, 3.05) is 6.79 Å². The number of pyridine rings is 1. The Morgan fingerprint density at radius 3 is 2.59 bits per heavy atom. The summed E-state index contributed by atoms with van der Waals surface area (Å²) in [5.74, 6) is 1.80. The number of rotatable bonds is 6. The number of aromatic nitrogens is 1. The lowest BCUT2D eigenvalue weighted by Gasteiger charge is -2.34. The number of hydrogen-bond donors (Lipinski definition) is 0. The lowest BCUT2D eigenvalue weighted by Crippen LogP contribution is -2.41. The number of hydrogen-bond acceptors (Lipinski definition) is 4. The Morgan fingerprint density at radius 1 is 1.00 bits per heavy atom. The minimum Gasteiger partial charge on any atom is -0.454 e. The minimum absolute atomic E-state index is 0.233. The van der Waals surface area contributed by atoms with Crippen LogP contribution in [0.15, 0.2) is 42.7 Å². The Balaban J connectivity index is 1.47. The molecule has 0 spiro atoms. The molecule has 0 N–H and O–H groups in total. The van der Waals surface area contributed by atoms with Gasteiger partial charge in [0.1, 0.15) is 0 Å². The van der Waals surface area contributed by atoms with Gasteiger partial charge >= 0.3 is 0 Å². The van der Waals surface area contributed by atoms with E-state index in [-0.39, 0.29) is 12.7 Å². The summed E-state index contributed by atoms with van der Waals surface area (Å²) < 4.78 is 10.9. The van der Waals surface area contributed by atoms with Crippen molar-refractivity contribution in [1.82, 2.24) is 9.88 Å². The van der Waals surface area contributed by atoms with E-state index in [0.717, 1.165) is 41.9 Å². The van der Waals surface area contributed by atoms with Gasteiger partial charge in [0, 0.05) is 31.4 Å². The zero-order valence-corrected chi connectivity index (χ0v) is 15.6. The first-order valence-corrected chi connectivity index (χ1v) is 9.86. The number of carbonyl (C=O) groups excluding carboxylic acids is 1. The van der Waals surface area contributed by atoms with Gasteiger partial charge in [0.05, 0.1) is 0 Å². The molecule has 0 unspecified atom stereocenters. The lowest BCUT2D eigenvalue weighted by atomic mass is 9.93. The van der Waals surface area contributed by atoms with Gasteiger partial charge in [-0.1, -0.05) is 25.3 Å². The van der Waals surface area contributed by atoms with Gasteiger partial charge in [0.25, 0.3) is 0 Å². The largest absolute Gasteiger partial charge is 0.454 e. The quantitative estimate of drug-likeness (QED) is 0.772. The maximum atomic E-state index is 13.1. The van der Waals surface area contributed by atoms with Crippen LogP contribution in [-0.2, 0) is 17.8 Å². The highest BCUT2D eigenvalue weighted by atomic mass is 16.7.